The first-order valence-electron chi connectivity index (χ1n) is 6.38. The van der Waals surface area contributed by atoms with Crippen molar-refractivity contribution in [2.75, 3.05) is 13.4 Å². The Labute approximate surface area is 121 Å². The third-order valence-electron chi connectivity index (χ3n) is 2.41. The summed E-state index contributed by atoms with van der Waals surface area (Å²) in [6, 6.07) is 4.33. The zero-order chi connectivity index (χ0) is 16.1. The fourth-order valence-corrected chi connectivity index (χ4v) is 1.47. The highest BCUT2D eigenvalue weighted by molar-refractivity contribution is 5.34. The van der Waals surface area contributed by atoms with Gasteiger partial charge < -0.3 is 14.8 Å². The first-order valence-corrected chi connectivity index (χ1v) is 6.38. The molecule has 3 nitrogen and oxygen atoms in total. The molecule has 0 saturated heterocycles. The quantitative estimate of drug-likeness (QED) is 0.494. The average Bonchev–Trinajstić information content (AvgIpc) is 2.31. The van der Waals surface area contributed by atoms with Gasteiger partial charge in [0.2, 0.25) is 0 Å². The molecule has 0 aliphatic carbocycles. The van der Waals surface area contributed by atoms with Crippen LogP contribution in [0.2, 0.25) is 0 Å². The lowest BCUT2D eigenvalue weighted by molar-refractivity contribution is -0.187. The number of hydrogen-bond acceptors (Lipinski definition) is 3. The molecular formula is C14H19F4NO2. The van der Waals surface area contributed by atoms with E-state index in [9.17, 15) is 17.6 Å². The number of ether oxygens (including phenoxy) is 2. The van der Waals surface area contributed by atoms with E-state index in [-0.39, 0.29) is 11.3 Å². The predicted octanol–water partition coefficient (Wildman–Crippen LogP) is 3.63. The standard InChI is InChI=1S/C14H19F4NO2/c1-13(2,3)19-7-10-5-4-6-11(15)12(10)21-9-20-8-14(16,17)18/h4-6,19H,7-9H2,1-3H3. The van der Waals surface area contributed by atoms with Crippen molar-refractivity contribution in [1.82, 2.24) is 5.32 Å². The maximum atomic E-state index is 13.7. The molecule has 1 N–H and O–H groups in total. The van der Waals surface area contributed by atoms with Gasteiger partial charge in [0.25, 0.3) is 0 Å². The molecule has 0 bridgehead atoms. The second-order valence-corrected chi connectivity index (χ2v) is 5.56. The molecule has 0 aliphatic heterocycles. The Hall–Kier alpha value is -1.34. The highest BCUT2D eigenvalue weighted by Crippen LogP contribution is 2.23. The summed E-state index contributed by atoms with van der Waals surface area (Å²) in [5.41, 5.74) is 0.330. The van der Waals surface area contributed by atoms with E-state index in [0.717, 1.165) is 0 Å². The second-order valence-electron chi connectivity index (χ2n) is 5.56. The van der Waals surface area contributed by atoms with Crippen LogP contribution >= 0.6 is 0 Å². The Bertz CT molecular complexity index is 455. The van der Waals surface area contributed by atoms with Crippen molar-refractivity contribution in [2.24, 2.45) is 0 Å². The maximum Gasteiger partial charge on any atom is 0.411 e. The summed E-state index contributed by atoms with van der Waals surface area (Å²) >= 11 is 0. The van der Waals surface area contributed by atoms with Crippen molar-refractivity contribution < 1.29 is 27.0 Å². The summed E-state index contributed by atoms with van der Waals surface area (Å²) in [7, 11) is 0. The van der Waals surface area contributed by atoms with Gasteiger partial charge in [-0.05, 0) is 26.8 Å². The van der Waals surface area contributed by atoms with Crippen LogP contribution in [0.4, 0.5) is 17.6 Å². The van der Waals surface area contributed by atoms with Crippen LogP contribution in [0.1, 0.15) is 26.3 Å². The number of hydrogen-bond donors (Lipinski definition) is 1. The highest BCUT2D eigenvalue weighted by atomic mass is 19.4. The molecule has 0 radical (unpaired) electrons. The van der Waals surface area contributed by atoms with E-state index in [1.807, 2.05) is 20.8 Å². The lowest BCUT2D eigenvalue weighted by Crippen LogP contribution is -2.35. The molecule has 0 fully saturated rings. The minimum Gasteiger partial charge on any atom is -0.464 e. The van der Waals surface area contributed by atoms with Crippen LogP contribution in [0.5, 0.6) is 5.75 Å². The SMILES string of the molecule is CC(C)(C)NCc1cccc(F)c1OCOCC(F)(F)F. The summed E-state index contributed by atoms with van der Waals surface area (Å²) in [4.78, 5) is 0. The molecule has 0 spiro atoms. The monoisotopic (exact) mass is 309 g/mol. The molecule has 120 valence electrons. The molecule has 0 aliphatic rings. The summed E-state index contributed by atoms with van der Waals surface area (Å²) in [5.74, 6) is -0.741. The van der Waals surface area contributed by atoms with Crippen molar-refractivity contribution in [3.8, 4) is 5.75 Å². The van der Waals surface area contributed by atoms with E-state index in [1.54, 1.807) is 6.07 Å². The number of alkyl halides is 3. The molecule has 1 rings (SSSR count). The zero-order valence-electron chi connectivity index (χ0n) is 12.2. The fraction of sp³-hybridized carbons (Fsp3) is 0.571. The van der Waals surface area contributed by atoms with Gasteiger partial charge in [-0.2, -0.15) is 13.2 Å². The molecule has 21 heavy (non-hydrogen) atoms. The second kappa shape index (κ2) is 7.09. The third kappa shape index (κ3) is 7.29. The van der Waals surface area contributed by atoms with Crippen LogP contribution in [0.3, 0.4) is 0 Å². The van der Waals surface area contributed by atoms with Gasteiger partial charge in [-0.25, -0.2) is 4.39 Å². The molecule has 7 heteroatoms. The van der Waals surface area contributed by atoms with E-state index in [1.165, 1.54) is 12.1 Å². The van der Waals surface area contributed by atoms with Gasteiger partial charge in [-0.3, -0.25) is 0 Å². The van der Waals surface area contributed by atoms with Crippen molar-refractivity contribution in [2.45, 2.75) is 39.0 Å². The summed E-state index contributed by atoms with van der Waals surface area (Å²) in [6.07, 6.45) is -4.44. The molecule has 1 aromatic rings. The topological polar surface area (TPSA) is 30.5 Å². The molecule has 0 atom stereocenters. The zero-order valence-corrected chi connectivity index (χ0v) is 12.2. The van der Waals surface area contributed by atoms with E-state index < -0.39 is 25.4 Å². The number of rotatable bonds is 6. The number of nitrogens with one attached hydrogen (secondary N) is 1. The van der Waals surface area contributed by atoms with Gasteiger partial charge in [0.1, 0.15) is 6.61 Å². The Morgan fingerprint density at radius 1 is 1.14 bits per heavy atom. The summed E-state index contributed by atoms with van der Waals surface area (Å²) < 4.78 is 58.8. The number of para-hydroxylation sites is 1. The summed E-state index contributed by atoms with van der Waals surface area (Å²) in [6.45, 7) is 4.06. The van der Waals surface area contributed by atoms with Crippen molar-refractivity contribution >= 4 is 0 Å². The first-order chi connectivity index (χ1) is 9.58. The molecule has 0 saturated carbocycles. The lowest BCUT2D eigenvalue weighted by Gasteiger charge is -2.21. The highest BCUT2D eigenvalue weighted by Gasteiger charge is 2.27. The Morgan fingerprint density at radius 2 is 1.81 bits per heavy atom. The van der Waals surface area contributed by atoms with Crippen LogP contribution in [-0.4, -0.2) is 25.1 Å². The van der Waals surface area contributed by atoms with Gasteiger partial charge in [-0.15, -0.1) is 0 Å². The molecule has 0 unspecified atom stereocenters. The Kier molecular flexibility index (Phi) is 5.98. The van der Waals surface area contributed by atoms with E-state index in [0.29, 0.717) is 12.1 Å². The molecule has 0 heterocycles. The van der Waals surface area contributed by atoms with Crippen molar-refractivity contribution in [3.63, 3.8) is 0 Å². The summed E-state index contributed by atoms with van der Waals surface area (Å²) in [5, 5.41) is 3.15. The van der Waals surface area contributed by atoms with Gasteiger partial charge in [0, 0.05) is 17.6 Å². The molecule has 0 amide bonds. The van der Waals surface area contributed by atoms with E-state index in [2.05, 4.69) is 10.1 Å². The van der Waals surface area contributed by atoms with E-state index in [4.69, 9.17) is 4.74 Å². The minimum atomic E-state index is -4.44. The number of benzene rings is 1. The first kappa shape index (κ1) is 17.7. The maximum absolute atomic E-state index is 13.7. The van der Waals surface area contributed by atoms with Crippen molar-refractivity contribution in [3.05, 3.63) is 29.6 Å². The van der Waals surface area contributed by atoms with Crippen LogP contribution in [0, 0.1) is 5.82 Å². The molecule has 1 aromatic carbocycles. The normalized spacial score (nSPS) is 12.5. The minimum absolute atomic E-state index is 0.101. The number of halogens is 4. The molecule has 0 aromatic heterocycles. The lowest BCUT2D eigenvalue weighted by atomic mass is 10.1. The van der Waals surface area contributed by atoms with Crippen LogP contribution < -0.4 is 10.1 Å². The van der Waals surface area contributed by atoms with Gasteiger partial charge in [0.05, 0.1) is 0 Å². The van der Waals surface area contributed by atoms with Crippen LogP contribution in [0.15, 0.2) is 18.2 Å². The van der Waals surface area contributed by atoms with Gasteiger partial charge in [-0.1, -0.05) is 12.1 Å². The predicted molar refractivity (Wildman–Crippen MR) is 70.5 cm³/mol. The van der Waals surface area contributed by atoms with Gasteiger partial charge >= 0.3 is 6.18 Å². The fourth-order valence-electron chi connectivity index (χ4n) is 1.47. The Morgan fingerprint density at radius 3 is 2.38 bits per heavy atom. The average molecular weight is 309 g/mol. The smallest absolute Gasteiger partial charge is 0.411 e. The largest absolute Gasteiger partial charge is 0.464 e. The van der Waals surface area contributed by atoms with Crippen LogP contribution in [-0.2, 0) is 11.3 Å². The van der Waals surface area contributed by atoms with Gasteiger partial charge in [0.15, 0.2) is 18.4 Å². The van der Waals surface area contributed by atoms with Crippen molar-refractivity contribution in [1.29, 1.82) is 0 Å². The molecular weight excluding hydrogens is 290 g/mol. The van der Waals surface area contributed by atoms with E-state index >= 15 is 0 Å². The third-order valence-corrected chi connectivity index (χ3v) is 2.41. The van der Waals surface area contributed by atoms with Crippen LogP contribution in [0.25, 0.3) is 0 Å². The Balaban J connectivity index is 2.63.